The lowest BCUT2D eigenvalue weighted by molar-refractivity contribution is 0.182. The van der Waals surface area contributed by atoms with E-state index in [4.69, 9.17) is 4.74 Å². The van der Waals surface area contributed by atoms with Crippen molar-refractivity contribution in [2.75, 3.05) is 6.61 Å². The average molecular weight is 285 g/mol. The number of nitrogens with zero attached hydrogens (tertiary/aromatic N) is 2. The van der Waals surface area contributed by atoms with Crippen molar-refractivity contribution in [1.82, 2.24) is 15.1 Å². The molecular weight excluding hydrogens is 262 g/mol. The molecule has 0 spiro atoms. The van der Waals surface area contributed by atoms with Crippen LogP contribution in [0.1, 0.15) is 42.8 Å². The van der Waals surface area contributed by atoms with Crippen LogP contribution in [-0.2, 0) is 7.05 Å². The summed E-state index contributed by atoms with van der Waals surface area (Å²) in [5.41, 5.74) is 3.72. The first kappa shape index (κ1) is 14.1. The molecule has 1 aromatic heterocycles. The van der Waals surface area contributed by atoms with Crippen molar-refractivity contribution < 1.29 is 4.74 Å². The van der Waals surface area contributed by atoms with E-state index in [0.717, 1.165) is 12.4 Å². The highest BCUT2D eigenvalue weighted by atomic mass is 16.5. The predicted octanol–water partition coefficient (Wildman–Crippen LogP) is 3.15. The molecule has 1 aliphatic rings. The van der Waals surface area contributed by atoms with Gasteiger partial charge in [0.05, 0.1) is 12.8 Å². The molecule has 0 aliphatic carbocycles. The second-order valence-electron chi connectivity index (χ2n) is 6.00. The van der Waals surface area contributed by atoms with Gasteiger partial charge in [-0.2, -0.15) is 5.10 Å². The standard InChI is InChI=1S/C17H23N3O/c1-11-10-21-16-8-6-5-7-14(16)17(11)19-12(2)15-9-18-20(4)13(15)3/h5-9,11-12,17,19H,10H2,1-4H3. The van der Waals surface area contributed by atoms with Gasteiger partial charge in [-0.05, 0) is 19.9 Å². The predicted molar refractivity (Wildman–Crippen MR) is 83.3 cm³/mol. The molecule has 4 heteroatoms. The highest BCUT2D eigenvalue weighted by Gasteiger charge is 2.29. The molecule has 0 fully saturated rings. The average Bonchev–Trinajstić information content (AvgIpc) is 2.82. The molecule has 3 rings (SSSR count). The fourth-order valence-corrected chi connectivity index (χ4v) is 3.05. The van der Waals surface area contributed by atoms with Gasteiger partial charge < -0.3 is 10.1 Å². The lowest BCUT2D eigenvalue weighted by Gasteiger charge is -2.34. The van der Waals surface area contributed by atoms with E-state index in [0.29, 0.717) is 12.0 Å². The van der Waals surface area contributed by atoms with Crippen molar-refractivity contribution >= 4 is 0 Å². The molecule has 1 aliphatic heterocycles. The number of aromatic nitrogens is 2. The molecule has 112 valence electrons. The third kappa shape index (κ3) is 2.56. The fraction of sp³-hybridized carbons (Fsp3) is 0.471. The van der Waals surface area contributed by atoms with E-state index in [9.17, 15) is 0 Å². The zero-order chi connectivity index (χ0) is 15.0. The number of rotatable bonds is 3. The van der Waals surface area contributed by atoms with Gasteiger partial charge in [0.1, 0.15) is 5.75 Å². The maximum Gasteiger partial charge on any atom is 0.124 e. The van der Waals surface area contributed by atoms with Gasteiger partial charge in [-0.3, -0.25) is 4.68 Å². The first-order valence-electron chi connectivity index (χ1n) is 7.54. The maximum absolute atomic E-state index is 5.82. The Bertz CT molecular complexity index is 635. The van der Waals surface area contributed by atoms with E-state index in [1.165, 1.54) is 16.8 Å². The summed E-state index contributed by atoms with van der Waals surface area (Å²) in [6.45, 7) is 7.31. The Morgan fingerprint density at radius 2 is 2.14 bits per heavy atom. The SMILES string of the molecule is Cc1c(C(C)NC2c3ccccc3OCC2C)cnn1C. The molecule has 1 aromatic carbocycles. The maximum atomic E-state index is 5.82. The Balaban J connectivity index is 1.85. The molecule has 2 heterocycles. The van der Waals surface area contributed by atoms with Gasteiger partial charge in [-0.25, -0.2) is 0 Å². The van der Waals surface area contributed by atoms with E-state index in [1.807, 2.05) is 24.0 Å². The molecule has 3 unspecified atom stereocenters. The summed E-state index contributed by atoms with van der Waals surface area (Å²) in [7, 11) is 1.98. The number of benzene rings is 1. The van der Waals surface area contributed by atoms with Crippen molar-refractivity contribution in [2.45, 2.75) is 32.9 Å². The van der Waals surface area contributed by atoms with Crippen LogP contribution in [0.2, 0.25) is 0 Å². The Morgan fingerprint density at radius 1 is 1.38 bits per heavy atom. The van der Waals surface area contributed by atoms with Crippen LogP contribution >= 0.6 is 0 Å². The van der Waals surface area contributed by atoms with Gasteiger partial charge in [0.15, 0.2) is 0 Å². The smallest absolute Gasteiger partial charge is 0.124 e. The van der Waals surface area contributed by atoms with Gasteiger partial charge in [0.25, 0.3) is 0 Å². The van der Waals surface area contributed by atoms with Crippen molar-refractivity contribution in [2.24, 2.45) is 13.0 Å². The van der Waals surface area contributed by atoms with Crippen molar-refractivity contribution in [1.29, 1.82) is 0 Å². The molecule has 21 heavy (non-hydrogen) atoms. The van der Waals surface area contributed by atoms with Gasteiger partial charge in [-0.15, -0.1) is 0 Å². The highest BCUT2D eigenvalue weighted by molar-refractivity contribution is 5.38. The lowest BCUT2D eigenvalue weighted by atomic mass is 9.91. The summed E-state index contributed by atoms with van der Waals surface area (Å²) in [6.07, 6.45) is 1.96. The number of nitrogens with one attached hydrogen (secondary N) is 1. The van der Waals surface area contributed by atoms with Crippen molar-refractivity contribution in [3.05, 3.63) is 47.3 Å². The minimum absolute atomic E-state index is 0.261. The normalized spacial score (nSPS) is 22.5. The molecular formula is C17H23N3O. The topological polar surface area (TPSA) is 39.1 Å². The highest BCUT2D eigenvalue weighted by Crippen LogP contribution is 2.36. The summed E-state index contributed by atoms with van der Waals surface area (Å²) in [5, 5.41) is 8.11. The van der Waals surface area contributed by atoms with E-state index < -0.39 is 0 Å². The van der Waals surface area contributed by atoms with Crippen LogP contribution in [0.5, 0.6) is 5.75 Å². The minimum atomic E-state index is 0.261. The zero-order valence-electron chi connectivity index (χ0n) is 13.1. The Labute approximate surface area is 126 Å². The van der Waals surface area contributed by atoms with Crippen LogP contribution in [0.3, 0.4) is 0 Å². The van der Waals surface area contributed by atoms with Crippen LogP contribution in [0, 0.1) is 12.8 Å². The second-order valence-corrected chi connectivity index (χ2v) is 6.00. The van der Waals surface area contributed by atoms with Gasteiger partial charge in [0, 0.05) is 41.9 Å². The molecule has 3 atom stereocenters. The molecule has 2 aromatic rings. The van der Waals surface area contributed by atoms with Gasteiger partial charge in [0.2, 0.25) is 0 Å². The Morgan fingerprint density at radius 3 is 2.86 bits per heavy atom. The molecule has 0 saturated heterocycles. The minimum Gasteiger partial charge on any atom is -0.493 e. The number of aryl methyl sites for hydroxylation is 1. The lowest BCUT2D eigenvalue weighted by Crippen LogP contribution is -2.35. The zero-order valence-corrected chi connectivity index (χ0v) is 13.1. The molecule has 1 N–H and O–H groups in total. The van der Waals surface area contributed by atoms with E-state index in [-0.39, 0.29) is 6.04 Å². The van der Waals surface area contributed by atoms with E-state index in [2.05, 4.69) is 49.4 Å². The summed E-state index contributed by atoms with van der Waals surface area (Å²) in [6, 6.07) is 8.89. The molecule has 0 saturated carbocycles. The van der Waals surface area contributed by atoms with E-state index in [1.54, 1.807) is 0 Å². The number of ether oxygens (including phenoxy) is 1. The largest absolute Gasteiger partial charge is 0.493 e. The summed E-state index contributed by atoms with van der Waals surface area (Å²) < 4.78 is 7.75. The number of hydrogen-bond acceptors (Lipinski definition) is 3. The number of hydrogen-bond donors (Lipinski definition) is 1. The number of fused-ring (bicyclic) bond motifs is 1. The third-order valence-corrected chi connectivity index (χ3v) is 4.49. The second kappa shape index (κ2) is 5.53. The molecule has 0 radical (unpaired) electrons. The molecule has 4 nitrogen and oxygen atoms in total. The van der Waals surface area contributed by atoms with Crippen LogP contribution in [0.15, 0.2) is 30.5 Å². The van der Waals surface area contributed by atoms with Crippen molar-refractivity contribution in [3.63, 3.8) is 0 Å². The molecule has 0 bridgehead atoms. The number of para-hydroxylation sites is 1. The first-order valence-corrected chi connectivity index (χ1v) is 7.54. The van der Waals surface area contributed by atoms with E-state index >= 15 is 0 Å². The Kier molecular flexibility index (Phi) is 3.72. The quantitative estimate of drug-likeness (QED) is 0.941. The van der Waals surface area contributed by atoms with Gasteiger partial charge in [-0.1, -0.05) is 25.1 Å². The van der Waals surface area contributed by atoms with Gasteiger partial charge >= 0.3 is 0 Å². The first-order chi connectivity index (χ1) is 10.1. The van der Waals surface area contributed by atoms with Crippen LogP contribution < -0.4 is 10.1 Å². The van der Waals surface area contributed by atoms with Crippen LogP contribution in [0.4, 0.5) is 0 Å². The van der Waals surface area contributed by atoms with Crippen LogP contribution in [0.25, 0.3) is 0 Å². The Hall–Kier alpha value is -1.81. The monoisotopic (exact) mass is 285 g/mol. The summed E-state index contributed by atoms with van der Waals surface area (Å²) in [5.74, 6) is 1.45. The van der Waals surface area contributed by atoms with Crippen LogP contribution in [-0.4, -0.2) is 16.4 Å². The molecule has 0 amide bonds. The summed E-state index contributed by atoms with van der Waals surface area (Å²) in [4.78, 5) is 0. The summed E-state index contributed by atoms with van der Waals surface area (Å²) >= 11 is 0. The fourth-order valence-electron chi connectivity index (χ4n) is 3.05. The van der Waals surface area contributed by atoms with Crippen molar-refractivity contribution in [3.8, 4) is 5.75 Å². The third-order valence-electron chi connectivity index (χ3n) is 4.49.